The predicted molar refractivity (Wildman–Crippen MR) is 102 cm³/mol. The summed E-state index contributed by atoms with van der Waals surface area (Å²) >= 11 is 5.86. The van der Waals surface area contributed by atoms with E-state index < -0.39 is 10.9 Å². The lowest BCUT2D eigenvalue weighted by atomic mass is 10.2. The number of esters is 1. The molecule has 1 saturated heterocycles. The van der Waals surface area contributed by atoms with Crippen LogP contribution in [0.2, 0.25) is 5.02 Å². The third-order valence-corrected chi connectivity index (χ3v) is 4.68. The number of pyridine rings is 1. The Bertz CT molecular complexity index is 911. The second kappa shape index (κ2) is 8.22. The van der Waals surface area contributed by atoms with Gasteiger partial charge in [0.05, 0.1) is 17.6 Å². The third-order valence-electron chi connectivity index (χ3n) is 4.45. The van der Waals surface area contributed by atoms with Crippen molar-refractivity contribution >= 4 is 34.9 Å². The highest BCUT2D eigenvalue weighted by molar-refractivity contribution is 6.30. The fourth-order valence-electron chi connectivity index (χ4n) is 2.98. The van der Waals surface area contributed by atoms with E-state index in [1.807, 2.05) is 4.90 Å². The lowest BCUT2D eigenvalue weighted by Crippen LogP contribution is -2.49. The van der Waals surface area contributed by atoms with Crippen molar-refractivity contribution in [3.63, 3.8) is 0 Å². The molecule has 0 unspecified atom stereocenters. The van der Waals surface area contributed by atoms with E-state index in [4.69, 9.17) is 11.6 Å². The molecule has 2 heterocycles. The fraction of sp³-hybridized carbons (Fsp3) is 0.278. The van der Waals surface area contributed by atoms with Gasteiger partial charge in [-0.05, 0) is 24.3 Å². The number of anilines is 1. The molecular weight excluding hydrogens is 388 g/mol. The van der Waals surface area contributed by atoms with E-state index in [1.165, 1.54) is 31.5 Å². The van der Waals surface area contributed by atoms with Crippen LogP contribution in [0.3, 0.4) is 0 Å². The van der Waals surface area contributed by atoms with Crippen molar-refractivity contribution in [1.82, 2.24) is 9.88 Å². The molecule has 9 nitrogen and oxygen atoms in total. The molecule has 1 aliphatic heterocycles. The maximum atomic E-state index is 12.6. The molecule has 1 aliphatic rings. The van der Waals surface area contributed by atoms with E-state index in [-0.39, 0.29) is 22.9 Å². The molecule has 0 saturated carbocycles. The molecule has 0 atom stereocenters. The zero-order valence-corrected chi connectivity index (χ0v) is 15.8. The number of amides is 1. The number of carbonyl (C=O) groups excluding carboxylic acids is 2. The molecule has 1 aromatic heterocycles. The van der Waals surface area contributed by atoms with E-state index in [0.717, 1.165) is 0 Å². The molecule has 0 bridgehead atoms. The average Bonchev–Trinajstić information content (AvgIpc) is 2.73. The van der Waals surface area contributed by atoms with Crippen LogP contribution in [0.25, 0.3) is 0 Å². The fourth-order valence-corrected chi connectivity index (χ4v) is 3.15. The highest BCUT2D eigenvalue weighted by atomic mass is 35.5. The molecule has 2 aromatic rings. The Balaban J connectivity index is 1.68. The molecule has 10 heteroatoms. The lowest BCUT2D eigenvalue weighted by molar-refractivity contribution is -0.384. The van der Waals surface area contributed by atoms with Gasteiger partial charge in [-0.25, -0.2) is 4.79 Å². The molecule has 0 aliphatic carbocycles. The van der Waals surface area contributed by atoms with Gasteiger partial charge in [0.1, 0.15) is 11.4 Å². The number of benzene rings is 1. The monoisotopic (exact) mass is 404 g/mol. The summed E-state index contributed by atoms with van der Waals surface area (Å²) in [7, 11) is 1.27. The van der Waals surface area contributed by atoms with Crippen LogP contribution in [-0.2, 0) is 4.74 Å². The molecule has 1 amide bonds. The minimum Gasteiger partial charge on any atom is -0.465 e. The largest absolute Gasteiger partial charge is 0.465 e. The minimum absolute atomic E-state index is 0.0626. The zero-order chi connectivity index (χ0) is 20.3. The summed E-state index contributed by atoms with van der Waals surface area (Å²) in [6.45, 7) is 1.65. The molecule has 1 fully saturated rings. The molecule has 146 valence electrons. The number of methoxy groups -OCH3 is 1. The molecule has 3 rings (SSSR count). The van der Waals surface area contributed by atoms with Gasteiger partial charge in [-0.2, -0.15) is 0 Å². The zero-order valence-electron chi connectivity index (χ0n) is 15.0. The Kier molecular flexibility index (Phi) is 5.74. The first-order valence-corrected chi connectivity index (χ1v) is 8.81. The number of piperazine rings is 1. The quantitative estimate of drug-likeness (QED) is 0.437. The first-order chi connectivity index (χ1) is 13.4. The van der Waals surface area contributed by atoms with E-state index in [1.54, 1.807) is 17.0 Å². The summed E-state index contributed by atoms with van der Waals surface area (Å²) in [4.78, 5) is 42.4. The summed E-state index contributed by atoms with van der Waals surface area (Å²) < 4.78 is 4.60. The number of ether oxygens (including phenoxy) is 1. The number of hydrogen-bond acceptors (Lipinski definition) is 7. The van der Waals surface area contributed by atoms with Crippen molar-refractivity contribution in [1.29, 1.82) is 0 Å². The average molecular weight is 405 g/mol. The smallest absolute Gasteiger partial charge is 0.339 e. The second-order valence-electron chi connectivity index (χ2n) is 6.09. The van der Waals surface area contributed by atoms with Crippen LogP contribution >= 0.6 is 11.6 Å². The molecule has 1 aromatic carbocycles. The van der Waals surface area contributed by atoms with Crippen LogP contribution in [0.4, 0.5) is 11.4 Å². The van der Waals surface area contributed by atoms with Crippen molar-refractivity contribution < 1.29 is 19.2 Å². The van der Waals surface area contributed by atoms with E-state index in [9.17, 15) is 19.7 Å². The topological polar surface area (TPSA) is 106 Å². The Morgan fingerprint density at radius 3 is 2.46 bits per heavy atom. The van der Waals surface area contributed by atoms with Gasteiger partial charge < -0.3 is 14.5 Å². The normalized spacial score (nSPS) is 13.9. The predicted octanol–water partition coefficient (Wildman–Crippen LogP) is 2.39. The molecule has 0 radical (unpaired) electrons. The van der Waals surface area contributed by atoms with Crippen LogP contribution in [0.1, 0.15) is 20.8 Å². The maximum absolute atomic E-state index is 12.6. The lowest BCUT2D eigenvalue weighted by Gasteiger charge is -2.35. The van der Waals surface area contributed by atoms with Gasteiger partial charge in [-0.1, -0.05) is 11.6 Å². The van der Waals surface area contributed by atoms with Gasteiger partial charge in [0.2, 0.25) is 0 Å². The van der Waals surface area contributed by atoms with Crippen LogP contribution in [0.15, 0.2) is 36.5 Å². The number of halogens is 1. The van der Waals surface area contributed by atoms with Crippen molar-refractivity contribution in [3.8, 4) is 0 Å². The number of nitro benzene ring substituents is 1. The molecule has 28 heavy (non-hydrogen) atoms. The van der Waals surface area contributed by atoms with Crippen LogP contribution in [0.5, 0.6) is 0 Å². The first-order valence-electron chi connectivity index (χ1n) is 8.43. The van der Waals surface area contributed by atoms with Gasteiger partial charge in [0.25, 0.3) is 11.6 Å². The minimum atomic E-state index is -0.523. The molecule has 0 N–H and O–H groups in total. The van der Waals surface area contributed by atoms with Gasteiger partial charge in [0.15, 0.2) is 0 Å². The number of aromatic nitrogens is 1. The van der Waals surface area contributed by atoms with Crippen molar-refractivity contribution in [2.45, 2.75) is 0 Å². The van der Waals surface area contributed by atoms with Gasteiger partial charge >= 0.3 is 5.97 Å². The second-order valence-corrected chi connectivity index (χ2v) is 6.53. The van der Waals surface area contributed by atoms with E-state index in [0.29, 0.717) is 36.9 Å². The highest BCUT2D eigenvalue weighted by Gasteiger charge is 2.27. The van der Waals surface area contributed by atoms with E-state index in [2.05, 4.69) is 9.72 Å². The summed E-state index contributed by atoms with van der Waals surface area (Å²) in [5.41, 5.74) is 0.895. The number of carbonyl (C=O) groups is 2. The van der Waals surface area contributed by atoms with Crippen LogP contribution in [-0.4, -0.2) is 60.0 Å². The standard InChI is InChI=1S/C18H17ClN4O5/c1-28-18(25)12-2-4-14(20-11-12)17(24)22-8-6-21(7-9-22)15-5-3-13(19)10-16(15)23(26)27/h2-5,10-11H,6-9H2,1H3. The Morgan fingerprint density at radius 1 is 1.18 bits per heavy atom. The molecular formula is C18H17ClN4O5. The Labute approximate surface area is 165 Å². The third kappa shape index (κ3) is 4.04. The summed E-state index contributed by atoms with van der Waals surface area (Å²) in [6, 6.07) is 7.50. The molecule has 0 spiro atoms. The van der Waals surface area contributed by atoms with Gasteiger partial charge in [-0.3, -0.25) is 19.9 Å². The van der Waals surface area contributed by atoms with Crippen molar-refractivity contribution in [2.24, 2.45) is 0 Å². The van der Waals surface area contributed by atoms with Crippen LogP contribution < -0.4 is 4.90 Å². The number of rotatable bonds is 4. The summed E-state index contributed by atoms with van der Waals surface area (Å²) in [5.74, 6) is -0.786. The van der Waals surface area contributed by atoms with Crippen molar-refractivity contribution in [2.75, 3.05) is 38.2 Å². The number of hydrogen-bond donors (Lipinski definition) is 0. The Morgan fingerprint density at radius 2 is 1.89 bits per heavy atom. The maximum Gasteiger partial charge on any atom is 0.339 e. The van der Waals surface area contributed by atoms with Gasteiger partial charge in [0, 0.05) is 43.5 Å². The Hall–Kier alpha value is -3.20. The van der Waals surface area contributed by atoms with Crippen LogP contribution in [0, 0.1) is 10.1 Å². The first kappa shape index (κ1) is 19.6. The van der Waals surface area contributed by atoms with Gasteiger partial charge in [-0.15, -0.1) is 0 Å². The van der Waals surface area contributed by atoms with E-state index >= 15 is 0 Å². The summed E-state index contributed by atoms with van der Waals surface area (Å²) in [6.07, 6.45) is 1.30. The van der Waals surface area contributed by atoms with Crippen molar-refractivity contribution in [3.05, 3.63) is 62.9 Å². The SMILES string of the molecule is COC(=O)c1ccc(C(=O)N2CCN(c3ccc(Cl)cc3[N+](=O)[O-])CC2)nc1. The highest BCUT2D eigenvalue weighted by Crippen LogP contribution is 2.31. The number of nitro groups is 1. The number of nitrogens with zero attached hydrogens (tertiary/aromatic N) is 4. The summed E-state index contributed by atoms with van der Waals surface area (Å²) in [5, 5.41) is 11.6.